The van der Waals surface area contributed by atoms with Gasteiger partial charge in [-0.05, 0) is 17.9 Å². The lowest BCUT2D eigenvalue weighted by atomic mass is 10.2. The van der Waals surface area contributed by atoms with Crippen molar-refractivity contribution in [3.63, 3.8) is 0 Å². The van der Waals surface area contributed by atoms with E-state index in [0.717, 1.165) is 22.0 Å². The van der Waals surface area contributed by atoms with Gasteiger partial charge in [0.25, 0.3) is 0 Å². The predicted molar refractivity (Wildman–Crippen MR) is 74.0 cm³/mol. The Bertz CT molecular complexity index is 583. The highest BCUT2D eigenvalue weighted by Crippen LogP contribution is 2.29. The molecule has 1 N–H and O–H groups in total. The number of benzene rings is 1. The summed E-state index contributed by atoms with van der Waals surface area (Å²) in [6.07, 6.45) is 3.61. The van der Waals surface area contributed by atoms with E-state index < -0.39 is 0 Å². The number of aromatic nitrogens is 2. The van der Waals surface area contributed by atoms with E-state index in [0.29, 0.717) is 5.56 Å². The number of nitriles is 1. The Hall–Kier alpha value is -1.93. The normalized spacial score (nSPS) is 10.1. The Labute approximate surface area is 111 Å². The topological polar surface area (TPSA) is 53.6 Å². The molecule has 4 nitrogen and oxygen atoms in total. The lowest BCUT2D eigenvalue weighted by Crippen LogP contribution is -1.94. The van der Waals surface area contributed by atoms with Gasteiger partial charge >= 0.3 is 0 Å². The van der Waals surface area contributed by atoms with Gasteiger partial charge in [-0.1, -0.05) is 13.0 Å². The van der Waals surface area contributed by atoms with Crippen LogP contribution >= 0.6 is 11.8 Å². The van der Waals surface area contributed by atoms with Gasteiger partial charge in [-0.3, -0.25) is 4.68 Å². The van der Waals surface area contributed by atoms with Crippen molar-refractivity contribution >= 4 is 23.1 Å². The van der Waals surface area contributed by atoms with Crippen molar-refractivity contribution in [1.29, 1.82) is 5.26 Å². The average molecular weight is 258 g/mol. The monoisotopic (exact) mass is 258 g/mol. The van der Waals surface area contributed by atoms with Crippen LogP contribution in [-0.4, -0.2) is 15.5 Å². The quantitative estimate of drug-likeness (QED) is 0.856. The minimum Gasteiger partial charge on any atom is -0.352 e. The predicted octanol–water partition coefficient (Wildman–Crippen LogP) is 3.15. The second-order valence-corrected chi connectivity index (χ2v) is 5.06. The maximum absolute atomic E-state index is 9.28. The molecular weight excluding hydrogens is 244 g/mol. The van der Waals surface area contributed by atoms with Crippen LogP contribution in [-0.2, 0) is 7.05 Å². The standard InChI is InChI=1S/C13H14N4S/c1-3-18-13-6-4-5-12(11(13)7-14)16-10-8-15-17(2)9-10/h4-6,8-9,16H,3H2,1-2H3. The molecule has 2 aromatic rings. The third-order valence-corrected chi connectivity index (χ3v) is 3.36. The third kappa shape index (κ3) is 2.66. The zero-order valence-corrected chi connectivity index (χ0v) is 11.2. The fourth-order valence-corrected chi connectivity index (χ4v) is 2.45. The van der Waals surface area contributed by atoms with Gasteiger partial charge in [-0.15, -0.1) is 11.8 Å². The molecule has 0 unspecified atom stereocenters. The highest BCUT2D eigenvalue weighted by atomic mass is 32.2. The second kappa shape index (κ2) is 5.61. The zero-order valence-electron chi connectivity index (χ0n) is 10.3. The molecular formula is C13H14N4S. The molecule has 0 amide bonds. The molecule has 0 saturated carbocycles. The van der Waals surface area contributed by atoms with E-state index >= 15 is 0 Å². The number of anilines is 2. The van der Waals surface area contributed by atoms with Crippen LogP contribution in [0.25, 0.3) is 0 Å². The second-order valence-electron chi connectivity index (χ2n) is 3.75. The SMILES string of the molecule is CCSc1cccc(Nc2cnn(C)c2)c1C#N. The van der Waals surface area contributed by atoms with Gasteiger partial charge in [0.15, 0.2) is 0 Å². The van der Waals surface area contributed by atoms with E-state index in [1.165, 1.54) is 0 Å². The fourth-order valence-electron chi connectivity index (χ4n) is 1.67. The number of aryl methyl sites for hydroxylation is 1. The molecule has 0 radical (unpaired) electrons. The molecule has 0 bridgehead atoms. The number of nitrogens with zero attached hydrogens (tertiary/aromatic N) is 3. The Morgan fingerprint density at radius 2 is 2.33 bits per heavy atom. The molecule has 0 aliphatic carbocycles. The van der Waals surface area contributed by atoms with Crippen LogP contribution in [0.4, 0.5) is 11.4 Å². The van der Waals surface area contributed by atoms with Crippen LogP contribution in [0.1, 0.15) is 12.5 Å². The summed E-state index contributed by atoms with van der Waals surface area (Å²) in [6.45, 7) is 2.08. The zero-order chi connectivity index (χ0) is 13.0. The van der Waals surface area contributed by atoms with Crippen molar-refractivity contribution in [3.8, 4) is 6.07 Å². The lowest BCUT2D eigenvalue weighted by Gasteiger charge is -2.09. The molecule has 0 aliphatic rings. The first-order chi connectivity index (χ1) is 8.74. The first-order valence-corrected chi connectivity index (χ1v) is 6.64. The van der Waals surface area contributed by atoms with Gasteiger partial charge in [0, 0.05) is 18.1 Å². The first-order valence-electron chi connectivity index (χ1n) is 5.66. The van der Waals surface area contributed by atoms with Crippen molar-refractivity contribution in [1.82, 2.24) is 9.78 Å². The van der Waals surface area contributed by atoms with E-state index in [2.05, 4.69) is 23.4 Å². The smallest absolute Gasteiger partial charge is 0.103 e. The van der Waals surface area contributed by atoms with Gasteiger partial charge in [0.2, 0.25) is 0 Å². The Kier molecular flexibility index (Phi) is 3.90. The summed E-state index contributed by atoms with van der Waals surface area (Å²) < 4.78 is 1.72. The number of hydrogen-bond donors (Lipinski definition) is 1. The van der Waals surface area contributed by atoms with E-state index in [-0.39, 0.29) is 0 Å². The summed E-state index contributed by atoms with van der Waals surface area (Å²) in [6, 6.07) is 8.10. The first kappa shape index (κ1) is 12.5. The van der Waals surface area contributed by atoms with Gasteiger partial charge < -0.3 is 5.32 Å². The maximum Gasteiger partial charge on any atom is 0.103 e. The van der Waals surface area contributed by atoms with Crippen LogP contribution < -0.4 is 5.32 Å². The molecule has 0 spiro atoms. The molecule has 2 rings (SSSR count). The molecule has 0 saturated heterocycles. The molecule has 0 fully saturated rings. The van der Waals surface area contributed by atoms with Crippen molar-refractivity contribution in [2.75, 3.05) is 11.1 Å². The van der Waals surface area contributed by atoms with Gasteiger partial charge in [0.1, 0.15) is 6.07 Å². The Balaban J connectivity index is 2.33. The van der Waals surface area contributed by atoms with Crippen molar-refractivity contribution in [3.05, 3.63) is 36.2 Å². The van der Waals surface area contributed by atoms with Gasteiger partial charge in [-0.25, -0.2) is 0 Å². The number of nitrogens with one attached hydrogen (secondary N) is 1. The van der Waals surface area contributed by atoms with Crippen LogP contribution in [0.5, 0.6) is 0 Å². The number of rotatable bonds is 4. The minimum atomic E-state index is 0.688. The summed E-state index contributed by atoms with van der Waals surface area (Å²) in [4.78, 5) is 1.01. The van der Waals surface area contributed by atoms with Gasteiger partial charge in [0.05, 0.1) is 23.1 Å². The lowest BCUT2D eigenvalue weighted by molar-refractivity contribution is 0.768. The summed E-state index contributed by atoms with van der Waals surface area (Å²) >= 11 is 1.67. The van der Waals surface area contributed by atoms with Crippen LogP contribution in [0.2, 0.25) is 0 Å². The third-order valence-electron chi connectivity index (χ3n) is 2.42. The van der Waals surface area contributed by atoms with Crippen molar-refractivity contribution < 1.29 is 0 Å². The largest absolute Gasteiger partial charge is 0.352 e. The van der Waals surface area contributed by atoms with Crippen molar-refractivity contribution in [2.24, 2.45) is 7.05 Å². The molecule has 5 heteroatoms. The minimum absolute atomic E-state index is 0.688. The maximum atomic E-state index is 9.28. The molecule has 1 aromatic heterocycles. The van der Waals surface area contributed by atoms with Gasteiger partial charge in [-0.2, -0.15) is 10.4 Å². The highest BCUT2D eigenvalue weighted by Gasteiger charge is 2.08. The summed E-state index contributed by atoms with van der Waals surface area (Å²) in [5, 5.41) is 16.6. The van der Waals surface area contributed by atoms with E-state index in [1.807, 2.05) is 31.4 Å². The van der Waals surface area contributed by atoms with Crippen LogP contribution in [0.3, 0.4) is 0 Å². The summed E-state index contributed by atoms with van der Waals surface area (Å²) in [5.41, 5.74) is 2.39. The molecule has 92 valence electrons. The highest BCUT2D eigenvalue weighted by molar-refractivity contribution is 7.99. The van der Waals surface area contributed by atoms with E-state index in [1.54, 1.807) is 22.6 Å². The molecule has 1 heterocycles. The number of hydrogen-bond acceptors (Lipinski definition) is 4. The molecule has 0 aliphatic heterocycles. The fraction of sp³-hybridized carbons (Fsp3) is 0.231. The van der Waals surface area contributed by atoms with Crippen molar-refractivity contribution in [2.45, 2.75) is 11.8 Å². The Morgan fingerprint density at radius 1 is 1.50 bits per heavy atom. The Morgan fingerprint density at radius 3 is 2.94 bits per heavy atom. The van der Waals surface area contributed by atoms with E-state index in [4.69, 9.17) is 0 Å². The van der Waals surface area contributed by atoms with Crippen LogP contribution in [0, 0.1) is 11.3 Å². The van der Waals surface area contributed by atoms with E-state index in [9.17, 15) is 5.26 Å². The summed E-state index contributed by atoms with van der Waals surface area (Å²) in [5.74, 6) is 0.949. The average Bonchev–Trinajstić information content (AvgIpc) is 2.76. The van der Waals surface area contributed by atoms with Crippen LogP contribution in [0.15, 0.2) is 35.5 Å². The molecule has 1 aromatic carbocycles. The summed E-state index contributed by atoms with van der Waals surface area (Å²) in [7, 11) is 1.86. The molecule has 18 heavy (non-hydrogen) atoms. The molecule has 0 atom stereocenters. The number of thioether (sulfide) groups is 1.